The molecule has 114 valence electrons. The van der Waals surface area contributed by atoms with Crippen LogP contribution in [0.1, 0.15) is 19.8 Å². The molecule has 7 nitrogen and oxygen atoms in total. The Labute approximate surface area is 114 Å². The molecule has 0 radical (unpaired) electrons. The molecule has 19 heavy (non-hydrogen) atoms. The normalized spacial score (nSPS) is 10.6. The molecule has 0 saturated heterocycles. The van der Waals surface area contributed by atoms with Gasteiger partial charge >= 0.3 is 5.97 Å². The number of carbonyl (C=O) groups excluding carboxylic acids is 1. The lowest BCUT2D eigenvalue weighted by molar-refractivity contribution is -0.150. The van der Waals surface area contributed by atoms with Gasteiger partial charge in [-0.25, -0.2) is 10.7 Å². The Morgan fingerprint density at radius 2 is 1.42 bits per heavy atom. The van der Waals surface area contributed by atoms with Crippen LogP contribution in [0.4, 0.5) is 0 Å². The van der Waals surface area contributed by atoms with E-state index in [0.29, 0.717) is 33.0 Å². The molecule has 0 fully saturated rings. The van der Waals surface area contributed by atoms with Crippen molar-refractivity contribution in [2.45, 2.75) is 19.8 Å². The topological polar surface area (TPSA) is 89.2 Å². The van der Waals surface area contributed by atoms with E-state index in [9.17, 15) is 4.79 Å². The van der Waals surface area contributed by atoms with Crippen LogP contribution < -0.4 is 5.90 Å². The minimum absolute atomic E-state index is 0.183. The maximum absolute atomic E-state index is 10.8. The molecule has 0 atom stereocenters. The summed E-state index contributed by atoms with van der Waals surface area (Å²) in [6, 6.07) is 0. The predicted molar refractivity (Wildman–Crippen MR) is 68.5 cm³/mol. The van der Waals surface area contributed by atoms with Gasteiger partial charge in [0.2, 0.25) is 0 Å². The van der Waals surface area contributed by atoms with Crippen LogP contribution in [-0.4, -0.2) is 58.8 Å². The number of hydrogen-bond donors (Lipinski definition) is 1. The van der Waals surface area contributed by atoms with Gasteiger partial charge in [-0.2, -0.15) is 0 Å². The van der Waals surface area contributed by atoms with Crippen LogP contribution >= 0.6 is 0 Å². The highest BCUT2D eigenvalue weighted by molar-refractivity contribution is 5.70. The van der Waals surface area contributed by atoms with Crippen molar-refractivity contribution < 1.29 is 28.6 Å². The summed E-state index contributed by atoms with van der Waals surface area (Å²) in [5.41, 5.74) is 0. The lowest BCUT2D eigenvalue weighted by atomic mass is 10.4. The van der Waals surface area contributed by atoms with E-state index in [1.54, 1.807) is 0 Å². The fraction of sp³-hybridized carbons (Fsp3) is 0.917. The first kappa shape index (κ1) is 18.3. The third-order valence-corrected chi connectivity index (χ3v) is 2.08. The molecule has 0 aromatic carbocycles. The average Bonchev–Trinajstić information content (AvgIpc) is 2.40. The van der Waals surface area contributed by atoms with Crippen LogP contribution in [0.2, 0.25) is 0 Å². The van der Waals surface area contributed by atoms with Gasteiger partial charge < -0.3 is 18.9 Å². The van der Waals surface area contributed by atoms with Crippen molar-refractivity contribution >= 4 is 5.97 Å². The number of rotatable bonds is 14. The Kier molecular flexibility index (Phi) is 14.7. The van der Waals surface area contributed by atoms with Gasteiger partial charge in [-0.15, -0.1) is 0 Å². The van der Waals surface area contributed by atoms with Crippen molar-refractivity contribution in [2.75, 3.05) is 52.9 Å². The highest BCUT2D eigenvalue weighted by Crippen LogP contribution is 1.88. The Morgan fingerprint density at radius 1 is 0.895 bits per heavy atom. The molecule has 0 aliphatic rings. The second-order valence-corrected chi connectivity index (χ2v) is 3.72. The Morgan fingerprint density at radius 3 is 1.95 bits per heavy atom. The van der Waals surface area contributed by atoms with E-state index in [2.05, 4.69) is 11.8 Å². The first-order chi connectivity index (χ1) is 9.31. The summed E-state index contributed by atoms with van der Waals surface area (Å²) < 4.78 is 20.5. The van der Waals surface area contributed by atoms with Crippen LogP contribution in [0, 0.1) is 0 Å². The minimum atomic E-state index is -0.508. The summed E-state index contributed by atoms with van der Waals surface area (Å²) in [5.74, 6) is 4.20. The van der Waals surface area contributed by atoms with Gasteiger partial charge in [0.05, 0.1) is 33.0 Å². The summed E-state index contributed by atoms with van der Waals surface area (Å²) in [7, 11) is 0. The SMILES string of the molecule is CCCCOCCOCCOCCOC(=O)CON. The van der Waals surface area contributed by atoms with Gasteiger partial charge in [-0.3, -0.25) is 4.84 Å². The molecule has 0 amide bonds. The molecule has 0 aromatic heterocycles. The molecule has 2 N–H and O–H groups in total. The number of carbonyl (C=O) groups is 1. The molecule has 0 heterocycles. The largest absolute Gasteiger partial charge is 0.461 e. The summed E-state index contributed by atoms with van der Waals surface area (Å²) >= 11 is 0. The number of esters is 1. The standard InChI is InChI=1S/C12H25NO6/c1-2-3-4-15-5-6-16-7-8-17-9-10-18-12(14)11-19-13/h2-11,13H2,1H3. The van der Waals surface area contributed by atoms with Crippen molar-refractivity contribution in [3.8, 4) is 0 Å². The van der Waals surface area contributed by atoms with Crippen molar-refractivity contribution in [1.29, 1.82) is 0 Å². The molecule has 0 saturated carbocycles. The average molecular weight is 279 g/mol. The highest BCUT2D eigenvalue weighted by atomic mass is 16.6. The Balaban J connectivity index is 3.01. The lowest BCUT2D eigenvalue weighted by Crippen LogP contribution is -2.18. The molecule has 0 bridgehead atoms. The van der Waals surface area contributed by atoms with Crippen LogP contribution in [0.15, 0.2) is 0 Å². The molecule has 0 aliphatic carbocycles. The van der Waals surface area contributed by atoms with E-state index in [1.165, 1.54) is 0 Å². The van der Waals surface area contributed by atoms with Gasteiger partial charge in [-0.1, -0.05) is 13.3 Å². The number of unbranched alkanes of at least 4 members (excludes halogenated alkanes) is 1. The van der Waals surface area contributed by atoms with Crippen LogP contribution in [-0.2, 0) is 28.6 Å². The molecular weight excluding hydrogens is 254 g/mol. The van der Waals surface area contributed by atoms with Crippen LogP contribution in [0.25, 0.3) is 0 Å². The quantitative estimate of drug-likeness (QED) is 0.277. The zero-order chi connectivity index (χ0) is 14.2. The third-order valence-electron chi connectivity index (χ3n) is 2.08. The van der Waals surface area contributed by atoms with Crippen molar-refractivity contribution in [1.82, 2.24) is 0 Å². The summed E-state index contributed by atoms with van der Waals surface area (Å²) in [4.78, 5) is 14.9. The molecule has 0 spiro atoms. The molecule has 0 aromatic rings. The van der Waals surface area contributed by atoms with E-state index in [0.717, 1.165) is 19.4 Å². The second-order valence-electron chi connectivity index (χ2n) is 3.72. The predicted octanol–water partition coefficient (Wildman–Crippen LogP) is 0.270. The molecule has 0 rings (SSSR count). The van der Waals surface area contributed by atoms with Gasteiger partial charge in [0.15, 0.2) is 6.61 Å². The summed E-state index contributed by atoms with van der Waals surface area (Å²) in [5, 5.41) is 0. The maximum Gasteiger partial charge on any atom is 0.334 e. The Hall–Kier alpha value is -0.730. The van der Waals surface area contributed by atoms with Crippen molar-refractivity contribution in [2.24, 2.45) is 5.90 Å². The Bertz CT molecular complexity index is 203. The monoisotopic (exact) mass is 279 g/mol. The van der Waals surface area contributed by atoms with E-state index >= 15 is 0 Å². The highest BCUT2D eigenvalue weighted by Gasteiger charge is 2.00. The molecular formula is C12H25NO6. The molecule has 7 heteroatoms. The van der Waals surface area contributed by atoms with E-state index in [-0.39, 0.29) is 13.2 Å². The number of ether oxygens (including phenoxy) is 4. The third kappa shape index (κ3) is 15.2. The van der Waals surface area contributed by atoms with Gasteiger partial charge in [0.1, 0.15) is 6.61 Å². The fourth-order valence-corrected chi connectivity index (χ4v) is 1.11. The zero-order valence-corrected chi connectivity index (χ0v) is 11.6. The van der Waals surface area contributed by atoms with Gasteiger partial charge in [0, 0.05) is 6.61 Å². The lowest BCUT2D eigenvalue weighted by Gasteiger charge is -2.07. The molecule has 0 unspecified atom stereocenters. The summed E-state index contributed by atoms with van der Waals surface area (Å²) in [6.07, 6.45) is 2.22. The van der Waals surface area contributed by atoms with Crippen molar-refractivity contribution in [3.05, 3.63) is 0 Å². The van der Waals surface area contributed by atoms with E-state index in [1.807, 2.05) is 0 Å². The fourth-order valence-electron chi connectivity index (χ4n) is 1.11. The minimum Gasteiger partial charge on any atom is -0.461 e. The second kappa shape index (κ2) is 15.3. The van der Waals surface area contributed by atoms with E-state index in [4.69, 9.17) is 24.8 Å². The van der Waals surface area contributed by atoms with Crippen LogP contribution in [0.5, 0.6) is 0 Å². The van der Waals surface area contributed by atoms with Crippen molar-refractivity contribution in [3.63, 3.8) is 0 Å². The first-order valence-electron chi connectivity index (χ1n) is 6.51. The smallest absolute Gasteiger partial charge is 0.334 e. The number of hydrogen-bond acceptors (Lipinski definition) is 7. The summed E-state index contributed by atoms with van der Waals surface area (Å²) in [6.45, 7) is 5.30. The number of nitrogens with two attached hydrogens (primary N) is 1. The van der Waals surface area contributed by atoms with E-state index < -0.39 is 5.97 Å². The maximum atomic E-state index is 10.8. The first-order valence-corrected chi connectivity index (χ1v) is 6.51. The zero-order valence-electron chi connectivity index (χ0n) is 11.6. The van der Waals surface area contributed by atoms with Gasteiger partial charge in [0.25, 0.3) is 0 Å². The molecule has 0 aliphatic heterocycles. The van der Waals surface area contributed by atoms with Crippen LogP contribution in [0.3, 0.4) is 0 Å². The van der Waals surface area contributed by atoms with Gasteiger partial charge in [-0.05, 0) is 6.42 Å².